The number of hydrogen-bond acceptors (Lipinski definition) is 2. The third kappa shape index (κ3) is 3.44. The first-order valence-corrected chi connectivity index (χ1v) is 8.07. The molecule has 118 valence electrons. The van der Waals surface area contributed by atoms with Crippen molar-refractivity contribution in [3.05, 3.63) is 89.0 Å². The minimum Gasteiger partial charge on any atom is -0.396 e. The molecular weight excluding hydrogens is 284 g/mol. The van der Waals surface area contributed by atoms with E-state index in [9.17, 15) is 10.2 Å². The summed E-state index contributed by atoms with van der Waals surface area (Å²) in [7, 11) is 0. The molecule has 0 saturated heterocycles. The zero-order valence-corrected chi connectivity index (χ0v) is 13.2. The van der Waals surface area contributed by atoms with Gasteiger partial charge in [-0.1, -0.05) is 66.7 Å². The fourth-order valence-corrected chi connectivity index (χ4v) is 3.28. The molecule has 0 fully saturated rings. The van der Waals surface area contributed by atoms with Gasteiger partial charge in [-0.2, -0.15) is 0 Å². The minimum absolute atomic E-state index is 0.0826. The van der Waals surface area contributed by atoms with Gasteiger partial charge in [-0.05, 0) is 40.7 Å². The molecule has 0 aromatic heterocycles. The van der Waals surface area contributed by atoms with Crippen molar-refractivity contribution in [3.63, 3.8) is 0 Å². The topological polar surface area (TPSA) is 40.5 Å². The maximum Gasteiger partial charge on any atom is 0.0653 e. The van der Waals surface area contributed by atoms with Gasteiger partial charge < -0.3 is 10.2 Å². The highest BCUT2D eigenvalue weighted by molar-refractivity contribution is 5.84. The second kappa shape index (κ2) is 7.40. The van der Waals surface area contributed by atoms with Crippen LogP contribution in [-0.4, -0.2) is 23.4 Å². The molecule has 1 aliphatic rings. The van der Waals surface area contributed by atoms with E-state index in [1.165, 1.54) is 5.57 Å². The molecule has 0 amide bonds. The van der Waals surface area contributed by atoms with Gasteiger partial charge in [-0.15, -0.1) is 0 Å². The van der Waals surface area contributed by atoms with Crippen LogP contribution in [0.15, 0.2) is 77.9 Å². The van der Waals surface area contributed by atoms with E-state index in [1.807, 2.05) is 36.4 Å². The van der Waals surface area contributed by atoms with Crippen LogP contribution in [0, 0.1) is 0 Å². The van der Waals surface area contributed by atoms with Crippen LogP contribution in [-0.2, 0) is 0 Å². The summed E-state index contributed by atoms with van der Waals surface area (Å²) in [6, 6.07) is 20.4. The van der Waals surface area contributed by atoms with Crippen LogP contribution in [0.5, 0.6) is 0 Å². The van der Waals surface area contributed by atoms with E-state index in [-0.39, 0.29) is 19.1 Å². The van der Waals surface area contributed by atoms with Gasteiger partial charge in [0.2, 0.25) is 0 Å². The third-order valence-electron chi connectivity index (χ3n) is 4.48. The lowest BCUT2D eigenvalue weighted by atomic mass is 9.87. The Morgan fingerprint density at radius 3 is 2.13 bits per heavy atom. The highest BCUT2D eigenvalue weighted by Crippen LogP contribution is 2.39. The van der Waals surface area contributed by atoms with E-state index >= 15 is 0 Å². The SMILES string of the molecule is OCC1=C(c2ccccc2)C(CC(CO)c2ccccc2)=CC1. The summed E-state index contributed by atoms with van der Waals surface area (Å²) < 4.78 is 0. The van der Waals surface area contributed by atoms with Crippen LogP contribution in [0.2, 0.25) is 0 Å². The van der Waals surface area contributed by atoms with E-state index in [2.05, 4.69) is 30.3 Å². The highest BCUT2D eigenvalue weighted by atomic mass is 16.3. The second-order valence-electron chi connectivity index (χ2n) is 5.93. The van der Waals surface area contributed by atoms with Gasteiger partial charge in [0.05, 0.1) is 13.2 Å². The molecule has 2 nitrogen and oxygen atoms in total. The highest BCUT2D eigenvalue weighted by Gasteiger charge is 2.22. The molecule has 2 aromatic carbocycles. The van der Waals surface area contributed by atoms with Crippen LogP contribution in [0.3, 0.4) is 0 Å². The minimum atomic E-state index is 0.0826. The normalized spacial score (nSPS) is 15.7. The summed E-state index contributed by atoms with van der Waals surface area (Å²) in [5.74, 6) is 0.0826. The maximum absolute atomic E-state index is 9.83. The number of aliphatic hydroxyl groups excluding tert-OH is 2. The molecule has 23 heavy (non-hydrogen) atoms. The van der Waals surface area contributed by atoms with Crippen molar-refractivity contribution in [2.45, 2.75) is 18.8 Å². The van der Waals surface area contributed by atoms with E-state index in [0.29, 0.717) is 0 Å². The zero-order valence-electron chi connectivity index (χ0n) is 13.2. The summed E-state index contributed by atoms with van der Waals surface area (Å²) in [4.78, 5) is 0. The molecule has 2 heteroatoms. The fraction of sp³-hybridized carbons (Fsp3) is 0.238. The quantitative estimate of drug-likeness (QED) is 0.849. The van der Waals surface area contributed by atoms with E-state index in [1.54, 1.807) is 0 Å². The van der Waals surface area contributed by atoms with E-state index < -0.39 is 0 Å². The Kier molecular flexibility index (Phi) is 5.06. The summed E-state index contributed by atoms with van der Waals surface area (Å²) in [6.45, 7) is 0.206. The molecule has 2 N–H and O–H groups in total. The number of benzene rings is 2. The molecule has 1 atom stereocenters. The standard InChI is InChI=1S/C21H22O2/c22-14-19-12-11-18(21(19)17-9-5-2-6-10-17)13-20(15-23)16-7-3-1-4-8-16/h1-11,20,22-23H,12-15H2. The Labute approximate surface area is 137 Å². The first-order valence-electron chi connectivity index (χ1n) is 8.07. The van der Waals surface area contributed by atoms with Gasteiger partial charge in [-0.25, -0.2) is 0 Å². The van der Waals surface area contributed by atoms with Crippen molar-refractivity contribution in [1.82, 2.24) is 0 Å². The summed E-state index contributed by atoms with van der Waals surface area (Å²) >= 11 is 0. The first-order chi connectivity index (χ1) is 11.3. The number of hydrogen-bond donors (Lipinski definition) is 2. The Bertz CT molecular complexity index is 699. The van der Waals surface area contributed by atoms with E-state index in [0.717, 1.165) is 35.1 Å². The molecular formula is C21H22O2. The zero-order chi connectivity index (χ0) is 16.1. The summed E-state index contributed by atoms with van der Waals surface area (Å²) in [5, 5.41) is 19.5. The maximum atomic E-state index is 9.83. The van der Waals surface area contributed by atoms with Gasteiger partial charge in [0, 0.05) is 5.92 Å². The van der Waals surface area contributed by atoms with Gasteiger partial charge in [-0.3, -0.25) is 0 Å². The molecule has 0 heterocycles. The number of aliphatic hydroxyl groups is 2. The smallest absolute Gasteiger partial charge is 0.0653 e. The van der Waals surface area contributed by atoms with Crippen molar-refractivity contribution in [2.75, 3.05) is 13.2 Å². The van der Waals surface area contributed by atoms with Crippen LogP contribution < -0.4 is 0 Å². The predicted octanol–water partition coefficient (Wildman–Crippen LogP) is 3.93. The Morgan fingerprint density at radius 1 is 0.870 bits per heavy atom. The molecule has 0 radical (unpaired) electrons. The molecule has 1 aliphatic carbocycles. The first kappa shape index (κ1) is 15.7. The lowest BCUT2D eigenvalue weighted by Crippen LogP contribution is -2.06. The molecule has 0 bridgehead atoms. The second-order valence-corrected chi connectivity index (χ2v) is 5.93. The third-order valence-corrected chi connectivity index (χ3v) is 4.48. The fourth-order valence-electron chi connectivity index (χ4n) is 3.28. The van der Waals surface area contributed by atoms with Crippen LogP contribution in [0.25, 0.3) is 5.57 Å². The predicted molar refractivity (Wildman–Crippen MR) is 94.0 cm³/mol. The van der Waals surface area contributed by atoms with Crippen molar-refractivity contribution >= 4 is 5.57 Å². The number of allylic oxidation sites excluding steroid dienone is 3. The largest absolute Gasteiger partial charge is 0.396 e. The van der Waals surface area contributed by atoms with Crippen molar-refractivity contribution in [2.24, 2.45) is 0 Å². The van der Waals surface area contributed by atoms with Gasteiger partial charge >= 0.3 is 0 Å². The average molecular weight is 306 g/mol. The number of rotatable bonds is 6. The summed E-state index contributed by atoms with van der Waals surface area (Å²) in [6.07, 6.45) is 3.77. The van der Waals surface area contributed by atoms with Crippen LogP contribution >= 0.6 is 0 Å². The molecule has 1 unspecified atom stereocenters. The Balaban J connectivity index is 1.89. The monoisotopic (exact) mass is 306 g/mol. The van der Waals surface area contributed by atoms with Crippen molar-refractivity contribution in [3.8, 4) is 0 Å². The summed E-state index contributed by atoms with van der Waals surface area (Å²) in [5.41, 5.74) is 5.74. The molecule has 3 rings (SSSR count). The molecule has 0 spiro atoms. The van der Waals surface area contributed by atoms with Crippen LogP contribution in [0.1, 0.15) is 29.9 Å². The van der Waals surface area contributed by atoms with Gasteiger partial charge in [0.1, 0.15) is 0 Å². The van der Waals surface area contributed by atoms with Crippen molar-refractivity contribution in [1.29, 1.82) is 0 Å². The molecule has 0 saturated carbocycles. The lowest BCUT2D eigenvalue weighted by Gasteiger charge is -2.18. The van der Waals surface area contributed by atoms with Gasteiger partial charge in [0.15, 0.2) is 0 Å². The average Bonchev–Trinajstić information content (AvgIpc) is 3.03. The molecule has 0 aliphatic heterocycles. The molecule has 2 aromatic rings. The lowest BCUT2D eigenvalue weighted by molar-refractivity contribution is 0.265. The Morgan fingerprint density at radius 2 is 1.52 bits per heavy atom. The van der Waals surface area contributed by atoms with E-state index in [4.69, 9.17) is 0 Å². The van der Waals surface area contributed by atoms with Crippen molar-refractivity contribution < 1.29 is 10.2 Å². The Hall–Kier alpha value is -2.16. The van der Waals surface area contributed by atoms with Gasteiger partial charge in [0.25, 0.3) is 0 Å². The van der Waals surface area contributed by atoms with Crippen LogP contribution in [0.4, 0.5) is 0 Å².